The van der Waals surface area contributed by atoms with Crippen LogP contribution in [0.5, 0.6) is 0 Å². The molecule has 2 heterocycles. The van der Waals surface area contributed by atoms with Gasteiger partial charge in [-0.25, -0.2) is 4.68 Å². The van der Waals surface area contributed by atoms with Gasteiger partial charge >= 0.3 is 5.97 Å². The van der Waals surface area contributed by atoms with Crippen LogP contribution in [0.4, 0.5) is 0 Å². The number of carboxylic acids is 1. The number of carbonyl (C=O) groups is 2. The molecule has 0 bridgehead atoms. The van der Waals surface area contributed by atoms with Crippen LogP contribution >= 0.6 is 0 Å². The molecular weight excluding hydrogens is 350 g/mol. The lowest BCUT2D eigenvalue weighted by molar-refractivity contribution is -0.137. The Hall–Kier alpha value is -3.33. The molecule has 0 aliphatic heterocycles. The number of aliphatic carboxylic acids is 1. The highest BCUT2D eigenvalue weighted by Crippen LogP contribution is 2.22. The summed E-state index contributed by atoms with van der Waals surface area (Å²) in [4.78, 5) is 29.2. The van der Waals surface area contributed by atoms with Crippen molar-refractivity contribution in [2.75, 3.05) is 26.8 Å². The van der Waals surface area contributed by atoms with E-state index in [9.17, 15) is 9.59 Å². The average Bonchev–Trinajstić information content (AvgIpc) is 3.05. The molecule has 0 saturated carbocycles. The largest absolute Gasteiger partial charge is 0.480 e. The topological polar surface area (TPSA) is 110 Å². The highest BCUT2D eigenvalue weighted by molar-refractivity contribution is 5.95. The molecule has 27 heavy (non-hydrogen) atoms. The second-order valence-corrected chi connectivity index (χ2v) is 5.92. The quantitative estimate of drug-likeness (QED) is 0.668. The first-order valence-electron chi connectivity index (χ1n) is 8.28. The summed E-state index contributed by atoms with van der Waals surface area (Å²) < 4.78 is 6.53. The summed E-state index contributed by atoms with van der Waals surface area (Å²) in [6.45, 7) is 1.66. The molecule has 9 nitrogen and oxygen atoms in total. The van der Waals surface area contributed by atoms with E-state index in [0.717, 1.165) is 16.5 Å². The zero-order valence-corrected chi connectivity index (χ0v) is 15.0. The molecule has 3 aromatic rings. The van der Waals surface area contributed by atoms with Crippen molar-refractivity contribution in [3.05, 3.63) is 48.0 Å². The number of rotatable bonds is 7. The Kier molecular flexibility index (Phi) is 5.41. The van der Waals surface area contributed by atoms with Crippen molar-refractivity contribution in [3.63, 3.8) is 0 Å². The van der Waals surface area contributed by atoms with Gasteiger partial charge in [0.15, 0.2) is 5.69 Å². The van der Waals surface area contributed by atoms with Crippen molar-refractivity contribution in [3.8, 4) is 5.69 Å². The van der Waals surface area contributed by atoms with Gasteiger partial charge in [0.1, 0.15) is 6.54 Å². The number of hydrogen-bond donors (Lipinski definition) is 1. The summed E-state index contributed by atoms with van der Waals surface area (Å²) >= 11 is 0. The van der Waals surface area contributed by atoms with Gasteiger partial charge in [-0.15, -0.1) is 5.10 Å². The van der Waals surface area contributed by atoms with Crippen LogP contribution in [-0.2, 0) is 9.53 Å². The van der Waals surface area contributed by atoms with E-state index in [1.807, 2.05) is 24.3 Å². The van der Waals surface area contributed by atoms with E-state index in [4.69, 9.17) is 9.84 Å². The molecule has 1 amide bonds. The Labute approximate surface area is 155 Å². The fourth-order valence-corrected chi connectivity index (χ4v) is 2.81. The van der Waals surface area contributed by atoms with Crippen LogP contribution in [0.1, 0.15) is 16.2 Å². The first-order valence-corrected chi connectivity index (χ1v) is 8.28. The molecular formula is C18H19N5O4. The van der Waals surface area contributed by atoms with Gasteiger partial charge in [0, 0.05) is 36.8 Å². The molecule has 0 unspecified atom stereocenters. The van der Waals surface area contributed by atoms with Gasteiger partial charge in [0.05, 0.1) is 18.0 Å². The number of carbonyl (C=O) groups excluding carboxylic acids is 1. The van der Waals surface area contributed by atoms with Gasteiger partial charge < -0.3 is 14.7 Å². The number of methoxy groups -OCH3 is 1. The van der Waals surface area contributed by atoms with Crippen molar-refractivity contribution in [1.82, 2.24) is 24.9 Å². The van der Waals surface area contributed by atoms with Crippen molar-refractivity contribution in [2.45, 2.75) is 6.92 Å². The molecule has 0 atom stereocenters. The molecule has 0 radical (unpaired) electrons. The Bertz CT molecular complexity index is 980. The van der Waals surface area contributed by atoms with E-state index in [2.05, 4.69) is 15.3 Å². The fourth-order valence-electron chi connectivity index (χ4n) is 2.81. The van der Waals surface area contributed by atoms with Crippen LogP contribution in [0.15, 0.2) is 36.7 Å². The number of nitrogens with zero attached hydrogens (tertiary/aromatic N) is 5. The van der Waals surface area contributed by atoms with E-state index >= 15 is 0 Å². The number of ether oxygens (including phenoxy) is 1. The number of benzene rings is 1. The standard InChI is InChI=1S/C18H19N5O4/c1-12-17(18(26)22(8-9-27-2)11-16(24)25)20-21-23(12)15-5-3-4-13-10-19-7-6-14(13)15/h3-7,10H,8-9,11H2,1-2H3,(H,24,25). The Balaban J connectivity index is 1.98. The number of aromatic nitrogens is 4. The molecule has 2 aromatic heterocycles. The monoisotopic (exact) mass is 369 g/mol. The predicted molar refractivity (Wildman–Crippen MR) is 96.8 cm³/mol. The van der Waals surface area contributed by atoms with Gasteiger partial charge in [0.25, 0.3) is 5.91 Å². The van der Waals surface area contributed by atoms with Gasteiger partial charge in [-0.1, -0.05) is 17.3 Å². The molecule has 0 saturated heterocycles. The zero-order chi connectivity index (χ0) is 19.4. The number of pyridine rings is 1. The van der Waals surface area contributed by atoms with Gasteiger partial charge in [-0.3, -0.25) is 14.6 Å². The smallest absolute Gasteiger partial charge is 0.323 e. The van der Waals surface area contributed by atoms with Crippen molar-refractivity contribution in [2.24, 2.45) is 0 Å². The Morgan fingerprint density at radius 2 is 2.11 bits per heavy atom. The lowest BCUT2D eigenvalue weighted by Gasteiger charge is -2.19. The van der Waals surface area contributed by atoms with Crippen molar-refractivity contribution < 1.29 is 19.4 Å². The minimum Gasteiger partial charge on any atom is -0.480 e. The molecule has 1 N–H and O–H groups in total. The van der Waals surface area contributed by atoms with Crippen LogP contribution in [-0.4, -0.2) is 68.7 Å². The fraction of sp³-hybridized carbons (Fsp3) is 0.278. The predicted octanol–water partition coefficient (Wildman–Crippen LogP) is 1.30. The molecule has 0 spiro atoms. The van der Waals surface area contributed by atoms with E-state index in [0.29, 0.717) is 5.69 Å². The molecule has 0 fully saturated rings. The first-order chi connectivity index (χ1) is 13.0. The Morgan fingerprint density at radius 1 is 1.30 bits per heavy atom. The van der Waals surface area contributed by atoms with E-state index in [1.54, 1.807) is 24.0 Å². The van der Waals surface area contributed by atoms with E-state index < -0.39 is 18.4 Å². The highest BCUT2D eigenvalue weighted by Gasteiger charge is 2.25. The summed E-state index contributed by atoms with van der Waals surface area (Å²) in [6, 6.07) is 7.54. The zero-order valence-electron chi connectivity index (χ0n) is 15.0. The molecule has 0 aliphatic carbocycles. The minimum absolute atomic E-state index is 0.110. The van der Waals surface area contributed by atoms with Crippen LogP contribution in [0.3, 0.4) is 0 Å². The molecule has 3 rings (SSSR count). The third-order valence-electron chi connectivity index (χ3n) is 4.16. The van der Waals surface area contributed by atoms with Crippen LogP contribution in [0.2, 0.25) is 0 Å². The summed E-state index contributed by atoms with van der Waals surface area (Å²) in [6.07, 6.45) is 3.43. The van der Waals surface area contributed by atoms with Crippen molar-refractivity contribution in [1.29, 1.82) is 0 Å². The molecule has 0 aliphatic rings. The van der Waals surface area contributed by atoms with Gasteiger partial charge in [0.2, 0.25) is 0 Å². The number of amides is 1. The maximum Gasteiger partial charge on any atom is 0.323 e. The maximum absolute atomic E-state index is 12.8. The third kappa shape index (κ3) is 3.77. The SMILES string of the molecule is COCCN(CC(=O)O)C(=O)c1nnn(-c2cccc3cnccc23)c1C. The molecule has 9 heteroatoms. The normalized spacial score (nSPS) is 10.9. The molecule has 140 valence electrons. The second kappa shape index (κ2) is 7.92. The van der Waals surface area contributed by atoms with Gasteiger partial charge in [-0.05, 0) is 19.1 Å². The maximum atomic E-state index is 12.8. The summed E-state index contributed by atoms with van der Waals surface area (Å²) in [5.74, 6) is -1.61. The summed E-state index contributed by atoms with van der Waals surface area (Å²) in [5, 5.41) is 19.0. The number of fused-ring (bicyclic) bond motifs is 1. The summed E-state index contributed by atoms with van der Waals surface area (Å²) in [5.41, 5.74) is 1.40. The van der Waals surface area contributed by atoms with Crippen molar-refractivity contribution >= 4 is 22.6 Å². The summed E-state index contributed by atoms with van der Waals surface area (Å²) in [7, 11) is 1.49. The third-order valence-corrected chi connectivity index (χ3v) is 4.16. The van der Waals surface area contributed by atoms with Crippen LogP contribution < -0.4 is 0 Å². The van der Waals surface area contributed by atoms with E-state index in [1.165, 1.54) is 12.0 Å². The average molecular weight is 369 g/mol. The number of hydrogen-bond acceptors (Lipinski definition) is 6. The Morgan fingerprint density at radius 3 is 2.85 bits per heavy atom. The first kappa shape index (κ1) is 18.5. The van der Waals surface area contributed by atoms with Crippen LogP contribution in [0, 0.1) is 6.92 Å². The second-order valence-electron chi connectivity index (χ2n) is 5.92. The molecule has 1 aromatic carbocycles. The lowest BCUT2D eigenvalue weighted by atomic mass is 10.1. The van der Waals surface area contributed by atoms with Crippen LogP contribution in [0.25, 0.3) is 16.5 Å². The number of carboxylic acid groups (broad SMARTS) is 1. The van der Waals surface area contributed by atoms with E-state index in [-0.39, 0.29) is 18.8 Å². The van der Waals surface area contributed by atoms with Gasteiger partial charge in [-0.2, -0.15) is 0 Å². The minimum atomic E-state index is -1.11. The highest BCUT2D eigenvalue weighted by atomic mass is 16.5. The lowest BCUT2D eigenvalue weighted by Crippen LogP contribution is -2.38.